The maximum Gasteiger partial charge on any atom is 0.272 e. The van der Waals surface area contributed by atoms with Crippen LogP contribution in [0, 0.1) is 13.8 Å². The summed E-state index contributed by atoms with van der Waals surface area (Å²) in [6.45, 7) is 5.52. The average molecular weight is 352 g/mol. The Morgan fingerprint density at radius 2 is 2.15 bits per heavy atom. The molecule has 0 spiro atoms. The Labute approximate surface area is 152 Å². The van der Waals surface area contributed by atoms with Crippen LogP contribution in [0.25, 0.3) is 5.65 Å². The number of hydrogen-bond donors (Lipinski definition) is 0. The van der Waals surface area contributed by atoms with E-state index >= 15 is 0 Å². The summed E-state index contributed by atoms with van der Waals surface area (Å²) in [6.07, 6.45) is 7.94. The molecule has 4 heterocycles. The largest absolute Gasteiger partial charge is 0.334 e. The lowest BCUT2D eigenvalue weighted by atomic mass is 9.98. The van der Waals surface area contributed by atoms with Crippen LogP contribution in [0.5, 0.6) is 0 Å². The van der Waals surface area contributed by atoms with Crippen molar-refractivity contribution in [2.75, 3.05) is 6.54 Å². The number of likely N-dealkylation sites (tertiary alicyclic amines) is 1. The smallest absolute Gasteiger partial charge is 0.272 e. The number of aryl methyl sites for hydroxylation is 3. The molecule has 7 nitrogen and oxygen atoms in total. The van der Waals surface area contributed by atoms with Crippen molar-refractivity contribution in [3.63, 3.8) is 0 Å². The first kappa shape index (κ1) is 16.8. The van der Waals surface area contributed by atoms with Crippen LogP contribution >= 0.6 is 0 Å². The van der Waals surface area contributed by atoms with E-state index < -0.39 is 0 Å². The molecule has 0 radical (unpaired) electrons. The lowest BCUT2D eigenvalue weighted by Crippen LogP contribution is -2.44. The van der Waals surface area contributed by atoms with Crippen LogP contribution in [0.2, 0.25) is 0 Å². The molecule has 1 fully saturated rings. The first-order chi connectivity index (χ1) is 12.6. The van der Waals surface area contributed by atoms with E-state index in [4.69, 9.17) is 0 Å². The molecule has 26 heavy (non-hydrogen) atoms. The third kappa shape index (κ3) is 3.21. The van der Waals surface area contributed by atoms with Crippen molar-refractivity contribution in [3.05, 3.63) is 47.7 Å². The van der Waals surface area contributed by atoms with Crippen molar-refractivity contribution in [1.29, 1.82) is 0 Å². The van der Waals surface area contributed by atoms with Gasteiger partial charge in [-0.1, -0.05) is 0 Å². The molecule has 136 valence electrons. The molecule has 1 amide bonds. The second-order valence-corrected chi connectivity index (χ2v) is 7.04. The first-order valence-electron chi connectivity index (χ1n) is 9.24. The van der Waals surface area contributed by atoms with Crippen LogP contribution in [0.3, 0.4) is 0 Å². The molecule has 4 rings (SSSR count). The van der Waals surface area contributed by atoms with Crippen molar-refractivity contribution in [1.82, 2.24) is 29.3 Å². The van der Waals surface area contributed by atoms with E-state index in [9.17, 15) is 4.79 Å². The normalized spacial score (nSPS) is 17.8. The summed E-state index contributed by atoms with van der Waals surface area (Å²) in [5, 5.41) is 8.69. The van der Waals surface area contributed by atoms with Gasteiger partial charge in [-0.25, -0.2) is 9.50 Å². The second-order valence-electron chi connectivity index (χ2n) is 7.04. The number of carbonyl (C=O) groups is 1. The summed E-state index contributed by atoms with van der Waals surface area (Å²) in [4.78, 5) is 19.8. The lowest BCUT2D eigenvalue weighted by molar-refractivity contribution is 0.0588. The van der Waals surface area contributed by atoms with Crippen LogP contribution < -0.4 is 0 Å². The van der Waals surface area contributed by atoms with Gasteiger partial charge in [0.2, 0.25) is 0 Å². The first-order valence-corrected chi connectivity index (χ1v) is 9.24. The van der Waals surface area contributed by atoms with Crippen molar-refractivity contribution in [2.24, 2.45) is 0 Å². The molecule has 0 bridgehead atoms. The molecule has 0 aromatic carbocycles. The van der Waals surface area contributed by atoms with Gasteiger partial charge < -0.3 is 4.90 Å². The fraction of sp³-hybridized carbons (Fsp3) is 0.474. The Morgan fingerprint density at radius 3 is 2.96 bits per heavy atom. The van der Waals surface area contributed by atoms with Gasteiger partial charge in [0.1, 0.15) is 5.69 Å². The van der Waals surface area contributed by atoms with Crippen molar-refractivity contribution < 1.29 is 4.79 Å². The SMILES string of the molecule is Cc1cc2nc(C(=O)N3CCCCC3CCn3cccn3)cc(C)n2n1. The third-order valence-electron chi connectivity index (χ3n) is 5.09. The highest BCUT2D eigenvalue weighted by Crippen LogP contribution is 2.23. The van der Waals surface area contributed by atoms with Crippen LogP contribution in [-0.4, -0.2) is 47.8 Å². The van der Waals surface area contributed by atoms with E-state index in [0.29, 0.717) is 5.69 Å². The van der Waals surface area contributed by atoms with E-state index in [2.05, 4.69) is 15.2 Å². The molecule has 0 N–H and O–H groups in total. The number of amides is 1. The predicted octanol–water partition coefficient (Wildman–Crippen LogP) is 2.63. The van der Waals surface area contributed by atoms with Crippen LogP contribution in [-0.2, 0) is 6.54 Å². The lowest BCUT2D eigenvalue weighted by Gasteiger charge is -2.35. The maximum absolute atomic E-state index is 13.2. The summed E-state index contributed by atoms with van der Waals surface area (Å²) in [5.41, 5.74) is 3.08. The zero-order valence-corrected chi connectivity index (χ0v) is 15.3. The van der Waals surface area contributed by atoms with Gasteiger partial charge in [-0.2, -0.15) is 10.2 Å². The number of piperidine rings is 1. The molecule has 1 atom stereocenters. The highest BCUT2D eigenvalue weighted by molar-refractivity contribution is 5.93. The Hall–Kier alpha value is -2.70. The van der Waals surface area contributed by atoms with E-state index in [1.165, 1.54) is 6.42 Å². The standard InChI is InChI=1S/C19H24N6O/c1-14-12-18-21-17(13-15(2)25(18)22-14)19(26)24-10-4-3-6-16(24)7-11-23-9-5-8-20-23/h5,8-9,12-13,16H,3-4,6-7,10-11H2,1-2H3. The Bertz CT molecular complexity index is 914. The minimum atomic E-state index is 0.0274. The van der Waals surface area contributed by atoms with E-state index in [1.54, 1.807) is 10.7 Å². The number of aromatic nitrogens is 5. The number of rotatable bonds is 4. The molecular formula is C19H24N6O. The molecule has 1 aliphatic heterocycles. The highest BCUT2D eigenvalue weighted by atomic mass is 16.2. The predicted molar refractivity (Wildman–Crippen MR) is 98.0 cm³/mol. The second kappa shape index (κ2) is 6.90. The third-order valence-corrected chi connectivity index (χ3v) is 5.09. The molecule has 7 heteroatoms. The zero-order valence-electron chi connectivity index (χ0n) is 15.3. The summed E-state index contributed by atoms with van der Waals surface area (Å²) in [5.74, 6) is 0.0274. The van der Waals surface area contributed by atoms with Gasteiger partial charge >= 0.3 is 0 Å². The number of carbonyl (C=O) groups excluding carboxylic acids is 1. The fourth-order valence-electron chi connectivity index (χ4n) is 3.78. The Balaban J connectivity index is 1.56. The summed E-state index contributed by atoms with van der Waals surface area (Å²) in [6, 6.07) is 5.93. The van der Waals surface area contributed by atoms with Gasteiger partial charge in [0.25, 0.3) is 5.91 Å². The molecule has 3 aromatic heterocycles. The Kier molecular flexibility index (Phi) is 4.44. The van der Waals surface area contributed by atoms with Gasteiger partial charge in [0.15, 0.2) is 5.65 Å². The Morgan fingerprint density at radius 1 is 1.27 bits per heavy atom. The molecule has 1 saturated heterocycles. The quantitative estimate of drug-likeness (QED) is 0.724. The summed E-state index contributed by atoms with van der Waals surface area (Å²) >= 11 is 0. The van der Waals surface area contributed by atoms with E-state index in [0.717, 1.165) is 49.4 Å². The van der Waals surface area contributed by atoms with Crippen LogP contribution in [0.1, 0.15) is 47.6 Å². The molecule has 3 aromatic rings. The van der Waals surface area contributed by atoms with E-state index in [1.807, 2.05) is 47.8 Å². The van der Waals surface area contributed by atoms with Gasteiger partial charge in [0.05, 0.1) is 5.69 Å². The van der Waals surface area contributed by atoms with Crippen molar-refractivity contribution >= 4 is 11.6 Å². The minimum absolute atomic E-state index is 0.0274. The fourth-order valence-corrected chi connectivity index (χ4v) is 3.78. The highest BCUT2D eigenvalue weighted by Gasteiger charge is 2.28. The van der Waals surface area contributed by atoms with Gasteiger partial charge in [-0.15, -0.1) is 0 Å². The molecule has 0 saturated carbocycles. The topological polar surface area (TPSA) is 68.3 Å². The van der Waals surface area contributed by atoms with Crippen molar-refractivity contribution in [2.45, 2.75) is 52.1 Å². The van der Waals surface area contributed by atoms with Crippen molar-refractivity contribution in [3.8, 4) is 0 Å². The van der Waals surface area contributed by atoms with Crippen LogP contribution in [0.4, 0.5) is 0 Å². The molecule has 0 aliphatic carbocycles. The van der Waals surface area contributed by atoms with Gasteiger partial charge in [-0.05, 0) is 51.7 Å². The molecule has 1 unspecified atom stereocenters. The number of fused-ring (bicyclic) bond motifs is 1. The number of nitrogens with zero attached hydrogens (tertiary/aromatic N) is 6. The number of hydrogen-bond acceptors (Lipinski definition) is 4. The van der Waals surface area contributed by atoms with Gasteiger partial charge in [-0.3, -0.25) is 9.48 Å². The maximum atomic E-state index is 13.2. The zero-order chi connectivity index (χ0) is 18.1. The van der Waals surface area contributed by atoms with Crippen LogP contribution in [0.15, 0.2) is 30.6 Å². The van der Waals surface area contributed by atoms with Gasteiger partial charge in [0, 0.05) is 43.3 Å². The minimum Gasteiger partial charge on any atom is -0.334 e. The van der Waals surface area contributed by atoms with E-state index in [-0.39, 0.29) is 11.9 Å². The summed E-state index contributed by atoms with van der Waals surface area (Å²) < 4.78 is 3.72. The average Bonchev–Trinajstić information content (AvgIpc) is 3.28. The molecule has 1 aliphatic rings. The summed E-state index contributed by atoms with van der Waals surface area (Å²) in [7, 11) is 0. The molecular weight excluding hydrogens is 328 g/mol. The monoisotopic (exact) mass is 352 g/mol.